The Hall–Kier alpha value is -2.29. The van der Waals surface area contributed by atoms with Crippen molar-refractivity contribution in [1.82, 2.24) is 5.32 Å². The average Bonchev–Trinajstić information content (AvgIpc) is 3.04. The van der Waals surface area contributed by atoms with E-state index in [1.54, 1.807) is 24.3 Å². The number of anilines is 1. The van der Waals surface area contributed by atoms with Crippen LogP contribution in [0.1, 0.15) is 45.0 Å². The number of hydrogen-bond donors (Lipinski definition) is 2. The minimum Gasteiger partial charge on any atom is -0.462 e. The van der Waals surface area contributed by atoms with E-state index in [9.17, 15) is 9.59 Å². The highest BCUT2D eigenvalue weighted by Crippen LogP contribution is 2.37. The molecule has 0 spiro atoms. The molecule has 2 aromatic rings. The van der Waals surface area contributed by atoms with Crippen molar-refractivity contribution in [3.05, 3.63) is 51.9 Å². The maximum atomic E-state index is 12.7. The molecule has 1 aliphatic heterocycles. The maximum Gasteiger partial charge on any atom is 0.341 e. The number of hydrogen-bond acceptors (Lipinski definition) is 6. The van der Waals surface area contributed by atoms with Crippen LogP contribution in [0.15, 0.2) is 30.3 Å². The minimum atomic E-state index is -0.382. The van der Waals surface area contributed by atoms with E-state index in [1.807, 2.05) is 19.9 Å². The lowest BCUT2D eigenvalue weighted by Gasteiger charge is -2.14. The summed E-state index contributed by atoms with van der Waals surface area (Å²) in [6, 6.07) is 8.80. The summed E-state index contributed by atoms with van der Waals surface area (Å²) in [6.45, 7) is 5.32. The molecule has 8 heteroatoms. The van der Waals surface area contributed by atoms with Gasteiger partial charge in [0.2, 0.25) is 0 Å². The summed E-state index contributed by atoms with van der Waals surface area (Å²) in [6.07, 6.45) is 0.642. The Morgan fingerprint density at radius 3 is 2.75 bits per heavy atom. The van der Waals surface area contributed by atoms with Crippen molar-refractivity contribution < 1.29 is 19.1 Å². The van der Waals surface area contributed by atoms with Crippen LogP contribution < -0.4 is 10.6 Å². The van der Waals surface area contributed by atoms with Gasteiger partial charge in [0.05, 0.1) is 25.4 Å². The first-order valence-corrected chi connectivity index (χ1v) is 10.2. The molecule has 0 saturated heterocycles. The fourth-order valence-corrected chi connectivity index (χ4v) is 4.19. The molecular formula is C20H22N2O4S2. The van der Waals surface area contributed by atoms with Crippen molar-refractivity contribution in [1.29, 1.82) is 0 Å². The van der Waals surface area contributed by atoms with Crippen molar-refractivity contribution in [3.8, 4) is 0 Å². The van der Waals surface area contributed by atoms with E-state index in [0.29, 0.717) is 42.4 Å². The molecule has 0 atom stereocenters. The second-order valence-electron chi connectivity index (χ2n) is 6.78. The van der Waals surface area contributed by atoms with Crippen molar-refractivity contribution in [2.45, 2.75) is 26.9 Å². The number of ether oxygens (including phenoxy) is 2. The fraction of sp³-hybridized carbons (Fsp3) is 0.350. The topological polar surface area (TPSA) is 76.7 Å². The van der Waals surface area contributed by atoms with Crippen molar-refractivity contribution in [3.63, 3.8) is 0 Å². The van der Waals surface area contributed by atoms with Gasteiger partial charge in [-0.15, -0.1) is 11.3 Å². The summed E-state index contributed by atoms with van der Waals surface area (Å²) < 4.78 is 10.9. The van der Waals surface area contributed by atoms with Gasteiger partial charge in [-0.05, 0) is 42.3 Å². The molecular weight excluding hydrogens is 396 g/mol. The van der Waals surface area contributed by atoms with Gasteiger partial charge in [0, 0.05) is 10.4 Å². The average molecular weight is 419 g/mol. The van der Waals surface area contributed by atoms with Gasteiger partial charge < -0.3 is 14.8 Å². The van der Waals surface area contributed by atoms with Crippen LogP contribution in [0.5, 0.6) is 0 Å². The van der Waals surface area contributed by atoms with Crippen molar-refractivity contribution in [2.24, 2.45) is 5.92 Å². The Labute approximate surface area is 173 Å². The molecule has 2 heterocycles. The summed E-state index contributed by atoms with van der Waals surface area (Å²) in [7, 11) is 0. The van der Waals surface area contributed by atoms with Crippen LogP contribution in [0.4, 0.5) is 5.00 Å². The normalized spacial score (nSPS) is 13.0. The molecule has 2 N–H and O–H groups in total. The van der Waals surface area contributed by atoms with Crippen LogP contribution in [-0.2, 0) is 22.5 Å². The number of thiophene rings is 1. The smallest absolute Gasteiger partial charge is 0.341 e. The maximum absolute atomic E-state index is 12.7. The Balaban J connectivity index is 1.77. The van der Waals surface area contributed by atoms with Crippen LogP contribution in [0, 0.1) is 5.92 Å². The van der Waals surface area contributed by atoms with Gasteiger partial charge in [0.1, 0.15) is 5.00 Å². The quantitative estimate of drug-likeness (QED) is 0.569. The number of thiocarbonyl (C=S) groups is 1. The van der Waals surface area contributed by atoms with Gasteiger partial charge >= 0.3 is 5.97 Å². The molecule has 148 valence electrons. The van der Waals surface area contributed by atoms with Crippen LogP contribution in [-0.4, -0.2) is 30.2 Å². The number of esters is 1. The first-order chi connectivity index (χ1) is 13.5. The molecule has 1 aromatic heterocycles. The van der Waals surface area contributed by atoms with Crippen LogP contribution in [0.3, 0.4) is 0 Å². The minimum absolute atomic E-state index is 0.131. The van der Waals surface area contributed by atoms with Gasteiger partial charge in [0.25, 0.3) is 5.91 Å². The standard InChI is InChI=1S/C20H22N2O4S2/c1-12(2)10-26-19(24)16-14-8-9-25-11-15(14)28-18(16)22-20(27)21-17(23)13-6-4-3-5-7-13/h3-7,12H,8-11H2,1-2H3,(H2,21,22,23,27). The Morgan fingerprint density at radius 2 is 2.04 bits per heavy atom. The lowest BCUT2D eigenvalue weighted by molar-refractivity contribution is 0.0456. The van der Waals surface area contributed by atoms with E-state index in [1.165, 1.54) is 11.3 Å². The van der Waals surface area contributed by atoms with E-state index in [4.69, 9.17) is 21.7 Å². The molecule has 1 aromatic carbocycles. The van der Waals surface area contributed by atoms with E-state index in [2.05, 4.69) is 10.6 Å². The molecule has 3 rings (SSSR count). The zero-order chi connectivity index (χ0) is 20.1. The van der Waals surface area contributed by atoms with Crippen LogP contribution in [0.2, 0.25) is 0 Å². The summed E-state index contributed by atoms with van der Waals surface area (Å²) in [5, 5.41) is 6.35. The predicted molar refractivity (Wildman–Crippen MR) is 113 cm³/mol. The molecule has 28 heavy (non-hydrogen) atoms. The summed E-state index contributed by atoms with van der Waals surface area (Å²) >= 11 is 6.69. The number of fused-ring (bicyclic) bond motifs is 1. The zero-order valence-electron chi connectivity index (χ0n) is 15.7. The molecule has 0 unspecified atom stereocenters. The third-order valence-electron chi connectivity index (χ3n) is 4.06. The lowest BCUT2D eigenvalue weighted by Crippen LogP contribution is -2.34. The Kier molecular flexibility index (Phi) is 6.77. The highest BCUT2D eigenvalue weighted by Gasteiger charge is 2.27. The van der Waals surface area contributed by atoms with E-state index >= 15 is 0 Å². The molecule has 0 bridgehead atoms. The van der Waals surface area contributed by atoms with Crippen LogP contribution in [0.25, 0.3) is 0 Å². The van der Waals surface area contributed by atoms with Crippen LogP contribution >= 0.6 is 23.6 Å². The zero-order valence-corrected chi connectivity index (χ0v) is 17.4. The van der Waals surface area contributed by atoms with Crippen molar-refractivity contribution >= 4 is 45.5 Å². The predicted octanol–water partition coefficient (Wildman–Crippen LogP) is 3.76. The summed E-state index contributed by atoms with van der Waals surface area (Å²) in [4.78, 5) is 26.0. The van der Waals surface area contributed by atoms with Crippen molar-refractivity contribution in [2.75, 3.05) is 18.5 Å². The molecule has 1 aliphatic rings. The monoisotopic (exact) mass is 418 g/mol. The second-order valence-corrected chi connectivity index (χ2v) is 8.29. The highest BCUT2D eigenvalue weighted by atomic mass is 32.1. The van der Waals surface area contributed by atoms with E-state index < -0.39 is 0 Å². The molecule has 0 saturated carbocycles. The number of nitrogens with one attached hydrogen (secondary N) is 2. The van der Waals surface area contributed by atoms with Gasteiger partial charge in [-0.25, -0.2) is 4.79 Å². The third-order valence-corrected chi connectivity index (χ3v) is 5.39. The number of rotatable bonds is 5. The SMILES string of the molecule is CC(C)COC(=O)c1c(NC(=S)NC(=O)c2ccccc2)sc2c1CCOC2. The Morgan fingerprint density at radius 1 is 1.29 bits per heavy atom. The van der Waals surface area contributed by atoms with Gasteiger partial charge in [-0.1, -0.05) is 32.0 Å². The fourth-order valence-electron chi connectivity index (χ4n) is 2.75. The molecule has 1 amide bonds. The summed E-state index contributed by atoms with van der Waals surface area (Å²) in [5.41, 5.74) is 1.92. The summed E-state index contributed by atoms with van der Waals surface area (Å²) in [5.74, 6) is -0.455. The third kappa shape index (κ3) is 4.95. The number of carbonyl (C=O) groups excluding carboxylic acids is 2. The molecule has 6 nitrogen and oxygen atoms in total. The Bertz CT molecular complexity index is 878. The van der Waals surface area contributed by atoms with Gasteiger partial charge in [-0.2, -0.15) is 0 Å². The first kappa shape index (κ1) is 20.4. The molecule has 0 fully saturated rings. The number of carbonyl (C=O) groups is 2. The largest absolute Gasteiger partial charge is 0.462 e. The van der Waals surface area contributed by atoms with E-state index in [-0.39, 0.29) is 22.9 Å². The number of amides is 1. The first-order valence-electron chi connectivity index (χ1n) is 9.02. The molecule has 0 aliphatic carbocycles. The van der Waals surface area contributed by atoms with Gasteiger partial charge in [0.15, 0.2) is 5.11 Å². The second kappa shape index (κ2) is 9.27. The highest BCUT2D eigenvalue weighted by molar-refractivity contribution is 7.80. The van der Waals surface area contributed by atoms with E-state index in [0.717, 1.165) is 10.4 Å². The lowest BCUT2D eigenvalue weighted by atomic mass is 10.1. The number of benzene rings is 1. The molecule has 0 radical (unpaired) electrons. The van der Waals surface area contributed by atoms with Gasteiger partial charge in [-0.3, -0.25) is 10.1 Å².